The summed E-state index contributed by atoms with van der Waals surface area (Å²) in [4.78, 5) is 171. The molecule has 1 fully saturated rings. The molecular weight excluding hydrogens is 1620 g/mol. The molecule has 0 spiro atoms. The molecule has 7 rings (SSSR count). The Balaban J connectivity index is -0.000000647. The summed E-state index contributed by atoms with van der Waals surface area (Å²) >= 11 is 1.55. The summed E-state index contributed by atoms with van der Waals surface area (Å²) in [6, 6.07) is 7.54. The molecule has 0 bridgehead atoms. The second kappa shape index (κ2) is 67.8. The number of aliphatic hydroxyl groups is 2. The number of nitrogens with one attached hydrogen (secondary N) is 10. The molecule has 35 heteroatoms. The largest absolute Gasteiger partial charge is 0.479 e. The first-order valence-corrected chi connectivity index (χ1v) is 42.1. The van der Waals surface area contributed by atoms with Crippen LogP contribution in [0.2, 0.25) is 0 Å². The van der Waals surface area contributed by atoms with E-state index in [2.05, 4.69) is 93.6 Å². The monoisotopic (exact) mass is 1760 g/mol. The van der Waals surface area contributed by atoms with E-state index in [0.29, 0.717) is 37.9 Å². The summed E-state index contributed by atoms with van der Waals surface area (Å²) in [7, 11) is 14.2. The molecule has 124 heavy (non-hydrogen) atoms. The standard InChI is InChI=1S/C17H19FN2O.C8H12N2OS.C8H12N2O.C8H13NO5.C8H15NO.C7H10N2O2.C7H10N2O.2C7H15NO.C6H13NO2.C6H13NO/c1-11-8-14(18)5-6-15(11)16-7-4-13(10-20-16)9-17(19-3)12(2)21;1-6(11)8(9-2)3-7-4-12-5-10-7;1-6(7(2)11)3-8-4-9-5-10-8;1-5(11)6(9-2)3-7(8(12)13)14-4-10;1-7(10)8(2)5-4-6-9(8)3;1-5(10)7(11)2-6-3-8-4-9-6;1-6(10)2-3-7-4-8-5-9-7;1-5-7(3,8-4)6(2)9;1-4-5-7(8-3)6(2)9;1-5(9)6(7-2)3-4-8;1-5(8)6(2,3)7-4/h4-8,10,17,19H,9H2,1-3H3;4-5,8-9H,3H2,1-2H3;4-6H,3H2,1-2H3,(H,9,10);4,6-7,9H,3H2,1-2H3,(H,12,13);4-6H2,1-3H3;3-4,7,11H,2H2,1H3,(H,8,9);4-5H,2-3H2,1H3,(H,8,9);8H,5H2,1-4H3;7-8H,4-5H2,1-3H3;6-8H,3-4H2,1-2H3;7H,1-4H3/t17-;8-;;6-,7?;8-;7-;;2*7-;6-;/m00.010.000./s1. The number of nitrogens with zero attached hydrogens (tertiary/aromatic N) is 6. The number of thiazole rings is 1. The zero-order chi connectivity index (χ0) is 96.1. The van der Waals surface area contributed by atoms with Crippen molar-refractivity contribution in [3.63, 3.8) is 0 Å². The minimum atomic E-state index is -1.28. The van der Waals surface area contributed by atoms with Gasteiger partial charge in [0.25, 0.3) is 6.47 Å². The van der Waals surface area contributed by atoms with E-state index in [1.54, 1.807) is 144 Å². The molecule has 1 aliphatic rings. The molecule has 5 aromatic heterocycles. The van der Waals surface area contributed by atoms with Crippen LogP contribution in [0.25, 0.3) is 11.3 Å². The molecule has 0 radical (unpaired) electrons. The quantitative estimate of drug-likeness (QED) is 0.0162. The Morgan fingerprint density at radius 3 is 1.41 bits per heavy atom. The van der Waals surface area contributed by atoms with Gasteiger partial charge in [-0.3, -0.25) is 62.6 Å². The van der Waals surface area contributed by atoms with Crippen molar-refractivity contribution in [2.75, 3.05) is 69.5 Å². The number of carboxylic acids is 1. The summed E-state index contributed by atoms with van der Waals surface area (Å²) in [6.45, 7) is 33.8. The fourth-order valence-corrected chi connectivity index (χ4v) is 11.0. The number of carbonyl (C=O) groups is 13. The fourth-order valence-electron chi connectivity index (χ4n) is 10.5. The normalized spacial score (nSPS) is 14.7. The Bertz CT molecular complexity index is 3920. The summed E-state index contributed by atoms with van der Waals surface area (Å²) in [6.07, 6.45) is 18.6. The highest BCUT2D eigenvalue weighted by atomic mass is 32.1. The number of aromatic amines is 3. The van der Waals surface area contributed by atoms with Gasteiger partial charge in [0, 0.05) is 91.0 Å². The van der Waals surface area contributed by atoms with Crippen molar-refractivity contribution >= 4 is 87.4 Å². The first-order chi connectivity index (χ1) is 58.0. The third-order valence-corrected chi connectivity index (χ3v) is 21.2. The molecule has 1 aliphatic heterocycles. The Kier molecular flexibility index (Phi) is 66.1. The highest BCUT2D eigenvalue weighted by Gasteiger charge is 2.38. The van der Waals surface area contributed by atoms with Crippen molar-refractivity contribution in [2.24, 2.45) is 5.92 Å². The van der Waals surface area contributed by atoms with Gasteiger partial charge in [-0.15, -0.1) is 11.3 Å². The molecular formula is C89H147FN16O17S. The van der Waals surface area contributed by atoms with Gasteiger partial charge in [0.05, 0.1) is 82.7 Å². The van der Waals surface area contributed by atoms with Crippen molar-refractivity contribution in [3.8, 4) is 11.3 Å². The van der Waals surface area contributed by atoms with E-state index in [1.165, 1.54) is 46.3 Å². The molecule has 6 heterocycles. The molecule has 0 aliphatic carbocycles. The Labute approximate surface area is 738 Å². The van der Waals surface area contributed by atoms with E-state index in [4.69, 9.17) is 15.3 Å². The van der Waals surface area contributed by atoms with Crippen molar-refractivity contribution in [3.05, 3.63) is 125 Å². The van der Waals surface area contributed by atoms with Crippen LogP contribution in [-0.4, -0.2) is 265 Å². The molecule has 1 aromatic carbocycles. The number of aromatic nitrogens is 8. The zero-order valence-corrected chi connectivity index (χ0v) is 79.2. The maximum atomic E-state index is 13.1. The number of ether oxygens (including phenoxy) is 1. The molecule has 33 nitrogen and oxygen atoms in total. The number of rotatable bonds is 39. The van der Waals surface area contributed by atoms with Crippen LogP contribution in [0.15, 0.2) is 85.0 Å². The predicted octanol–water partition coefficient (Wildman–Crippen LogP) is 8.07. The summed E-state index contributed by atoms with van der Waals surface area (Å²) in [5, 5.41) is 48.3. The number of aliphatic hydroxyl groups excluding tert-OH is 2. The molecule has 13 N–H and O–H groups in total. The van der Waals surface area contributed by atoms with Crippen molar-refractivity contribution in [2.45, 2.75) is 274 Å². The maximum Gasteiger partial charge on any atom is 0.345 e. The minimum Gasteiger partial charge on any atom is -0.479 e. The number of hydrogen-bond donors (Lipinski definition) is 13. The molecule has 698 valence electrons. The number of aliphatic carboxylic acids is 1. The number of benzene rings is 1. The van der Waals surface area contributed by atoms with Gasteiger partial charge < -0.3 is 77.0 Å². The highest BCUT2D eigenvalue weighted by Crippen LogP contribution is 2.28. The van der Waals surface area contributed by atoms with Gasteiger partial charge in [-0.1, -0.05) is 33.3 Å². The Hall–Kier alpha value is -9.53. The van der Waals surface area contributed by atoms with Gasteiger partial charge in [0.2, 0.25) is 0 Å². The van der Waals surface area contributed by atoms with Gasteiger partial charge >= 0.3 is 5.97 Å². The van der Waals surface area contributed by atoms with E-state index in [9.17, 15) is 66.7 Å². The lowest BCUT2D eigenvalue weighted by Gasteiger charge is -2.28. The van der Waals surface area contributed by atoms with Crippen molar-refractivity contribution < 1.29 is 86.8 Å². The number of ketones is 11. The Morgan fingerprint density at radius 2 is 1.12 bits per heavy atom. The summed E-state index contributed by atoms with van der Waals surface area (Å²) in [5.41, 5.74) is 8.34. The van der Waals surface area contributed by atoms with E-state index < -0.39 is 24.2 Å². The first-order valence-electron chi connectivity index (χ1n) is 41.2. The average molecular weight is 1760 g/mol. The molecule has 0 saturated carbocycles. The minimum absolute atomic E-state index is 0.0606. The second-order valence-electron chi connectivity index (χ2n) is 30.5. The number of halogens is 1. The van der Waals surface area contributed by atoms with Crippen molar-refractivity contribution in [1.82, 2.24) is 82.0 Å². The molecule has 6 aromatic rings. The van der Waals surface area contributed by atoms with Gasteiger partial charge in [-0.2, -0.15) is 0 Å². The number of Topliss-reactive ketones (excluding diaryl/α,β-unsaturated/α-hetero) is 11. The first kappa shape index (κ1) is 121. The predicted molar refractivity (Wildman–Crippen MR) is 483 cm³/mol. The van der Waals surface area contributed by atoms with E-state index in [-0.39, 0.29) is 130 Å². The van der Waals surface area contributed by atoms with E-state index >= 15 is 0 Å². The van der Waals surface area contributed by atoms with E-state index in [1.807, 2.05) is 87.1 Å². The van der Waals surface area contributed by atoms with Gasteiger partial charge in [-0.25, -0.2) is 29.1 Å². The lowest BCUT2D eigenvalue weighted by atomic mass is 9.95. The molecule has 10 atom stereocenters. The number of pyridine rings is 1. The average Bonchev–Trinajstić information content (AvgIpc) is 1.22. The zero-order valence-electron chi connectivity index (χ0n) is 78.4. The number of imidazole rings is 3. The van der Waals surface area contributed by atoms with Crippen LogP contribution in [0.3, 0.4) is 0 Å². The van der Waals surface area contributed by atoms with Crippen molar-refractivity contribution in [1.29, 1.82) is 0 Å². The fraction of sp³-hybridized carbons (Fsp3) is 0.596. The number of H-pyrrole nitrogens is 3. The van der Waals surface area contributed by atoms with Gasteiger partial charge in [-0.05, 0) is 260 Å². The SMILES string of the molecule is CC(=O)C(C)Cc1cnc[nH]1.CC(=O)CCc1cnc[nH]1.CC(=O)[C@@H](O)Cc1cnc[nH]1.CC(=O)[C@@]1(C)CCCN1C.CCC[C@H](NC)C(C)=O.CC[C@](C)(NC)C(C)=O.CNC(C)(C)C(C)=O.CN[C@@H](CC(OC=O)C(=O)O)C(C)=O.CN[C@@H](CCO)C(C)=O.CN[C@@H](Cc1ccc(-c2ccc(F)cc2C)nc1)C(C)=O.CN[C@@H](Cc1cscn1)C(C)=O. The second-order valence-corrected chi connectivity index (χ2v) is 31.2. The topological polar surface area (TPSA) is 491 Å². The number of carbonyl (C=O) groups excluding carboxylic acids is 12. The van der Waals surface area contributed by atoms with Crippen LogP contribution in [0.1, 0.15) is 210 Å². The van der Waals surface area contributed by atoms with Gasteiger partial charge in [0.15, 0.2) is 11.9 Å². The number of carboxylic acid groups (broad SMARTS) is 1. The van der Waals surface area contributed by atoms with Crippen LogP contribution in [0.4, 0.5) is 4.39 Å². The lowest BCUT2D eigenvalue weighted by Crippen LogP contribution is -2.45. The molecule has 2 unspecified atom stereocenters. The highest BCUT2D eigenvalue weighted by molar-refractivity contribution is 7.07. The third-order valence-electron chi connectivity index (χ3n) is 20.6. The summed E-state index contributed by atoms with van der Waals surface area (Å²) in [5.74, 6) is -0.158. The van der Waals surface area contributed by atoms with Gasteiger partial charge in [0.1, 0.15) is 69.8 Å². The summed E-state index contributed by atoms with van der Waals surface area (Å²) < 4.78 is 17.4. The maximum absolute atomic E-state index is 13.1. The van der Waals surface area contributed by atoms with Crippen LogP contribution in [-0.2, 0) is 99.2 Å². The number of likely N-dealkylation sites (tertiary alicyclic amines) is 1. The number of hydrogen-bond acceptors (Lipinski definition) is 30. The van der Waals surface area contributed by atoms with Crippen LogP contribution >= 0.6 is 11.3 Å². The van der Waals surface area contributed by atoms with E-state index in [0.717, 1.165) is 96.7 Å². The third kappa shape index (κ3) is 53.6. The molecule has 1 saturated heterocycles. The van der Waals surface area contributed by atoms with Crippen LogP contribution < -0.4 is 37.2 Å². The molecule has 0 amide bonds. The smallest absolute Gasteiger partial charge is 0.345 e. The van der Waals surface area contributed by atoms with Crippen LogP contribution in [0.5, 0.6) is 0 Å². The Morgan fingerprint density at radius 1 is 0.629 bits per heavy atom. The number of likely N-dealkylation sites (N-methyl/N-ethyl adjacent to an activating group) is 8. The number of aryl methyl sites for hydroxylation is 2. The van der Waals surface area contributed by atoms with Crippen LogP contribution in [0, 0.1) is 18.7 Å². The lowest BCUT2D eigenvalue weighted by molar-refractivity contribution is -0.157.